The zero-order valence-electron chi connectivity index (χ0n) is 10.2. The van der Waals surface area contributed by atoms with E-state index < -0.39 is 0 Å². The third-order valence-corrected chi connectivity index (χ3v) is 3.36. The Hall–Kier alpha value is -1.30. The fourth-order valence-corrected chi connectivity index (χ4v) is 1.95. The number of anilines is 1. The Balaban J connectivity index is 1.95. The molecule has 0 aliphatic rings. The second-order valence-electron chi connectivity index (χ2n) is 4.01. The van der Waals surface area contributed by atoms with E-state index in [-0.39, 0.29) is 6.61 Å². The van der Waals surface area contributed by atoms with Crippen molar-refractivity contribution in [3.8, 4) is 0 Å². The monoisotopic (exact) mass is 300 g/mol. The minimum absolute atomic E-state index is 0.144. The van der Waals surface area contributed by atoms with Crippen molar-refractivity contribution in [1.82, 2.24) is 15.0 Å². The predicted molar refractivity (Wildman–Crippen MR) is 75.5 cm³/mol. The number of nitrogens with one attached hydrogen (secondary N) is 1. The summed E-state index contributed by atoms with van der Waals surface area (Å²) in [5, 5.41) is 20.9. The summed E-state index contributed by atoms with van der Waals surface area (Å²) in [6.45, 7) is 1.31. The highest BCUT2D eigenvalue weighted by Crippen LogP contribution is 2.29. The standard InChI is InChI=1S/C12H14Cl2N4O/c13-10-3-1-4-11(12(10)14)15-7-9-8-18(17-16-9)5-2-6-19/h1,3-4,8,15,19H,2,5-7H2. The van der Waals surface area contributed by atoms with Gasteiger partial charge in [-0.1, -0.05) is 34.5 Å². The Morgan fingerprint density at radius 1 is 1.32 bits per heavy atom. The molecule has 0 aliphatic carbocycles. The topological polar surface area (TPSA) is 63.0 Å². The van der Waals surface area contributed by atoms with Crippen LogP contribution in [0.25, 0.3) is 0 Å². The molecule has 0 bridgehead atoms. The largest absolute Gasteiger partial charge is 0.396 e. The highest BCUT2D eigenvalue weighted by molar-refractivity contribution is 6.43. The summed E-state index contributed by atoms with van der Waals surface area (Å²) in [5.41, 5.74) is 1.56. The molecule has 0 fully saturated rings. The third-order valence-electron chi connectivity index (χ3n) is 2.54. The molecular formula is C12H14Cl2N4O. The van der Waals surface area contributed by atoms with Crippen LogP contribution >= 0.6 is 23.2 Å². The van der Waals surface area contributed by atoms with Gasteiger partial charge in [0.25, 0.3) is 0 Å². The van der Waals surface area contributed by atoms with E-state index in [0.29, 0.717) is 29.6 Å². The van der Waals surface area contributed by atoms with Crippen LogP contribution in [-0.4, -0.2) is 26.7 Å². The maximum absolute atomic E-state index is 8.74. The lowest BCUT2D eigenvalue weighted by Gasteiger charge is -2.07. The molecule has 0 aliphatic heterocycles. The molecule has 1 aromatic heterocycles. The first-order chi connectivity index (χ1) is 9.20. The molecule has 0 radical (unpaired) electrons. The van der Waals surface area contributed by atoms with Crippen molar-refractivity contribution in [2.24, 2.45) is 0 Å². The lowest BCUT2D eigenvalue weighted by molar-refractivity contribution is 0.276. The SMILES string of the molecule is OCCCn1cc(CNc2cccc(Cl)c2Cl)nn1. The first-order valence-corrected chi connectivity index (χ1v) is 6.64. The van der Waals surface area contributed by atoms with Crippen LogP contribution in [0.5, 0.6) is 0 Å². The van der Waals surface area contributed by atoms with E-state index in [4.69, 9.17) is 28.3 Å². The fourth-order valence-electron chi connectivity index (χ4n) is 1.59. The van der Waals surface area contributed by atoms with Gasteiger partial charge in [-0.25, -0.2) is 0 Å². The van der Waals surface area contributed by atoms with E-state index in [9.17, 15) is 0 Å². The van der Waals surface area contributed by atoms with Crippen LogP contribution in [-0.2, 0) is 13.1 Å². The summed E-state index contributed by atoms with van der Waals surface area (Å²) in [4.78, 5) is 0. The Morgan fingerprint density at radius 2 is 2.16 bits per heavy atom. The average molecular weight is 301 g/mol. The summed E-state index contributed by atoms with van der Waals surface area (Å²) in [6.07, 6.45) is 2.50. The fraction of sp³-hybridized carbons (Fsp3) is 0.333. The molecule has 0 unspecified atom stereocenters. The van der Waals surface area contributed by atoms with Gasteiger partial charge in [0, 0.05) is 13.2 Å². The molecule has 0 atom stereocenters. The number of aliphatic hydroxyl groups excluding tert-OH is 1. The Morgan fingerprint density at radius 3 is 2.95 bits per heavy atom. The quantitative estimate of drug-likeness (QED) is 0.861. The lowest BCUT2D eigenvalue weighted by atomic mass is 10.3. The number of halogens is 2. The van der Waals surface area contributed by atoms with E-state index in [1.54, 1.807) is 10.7 Å². The van der Waals surface area contributed by atoms with Crippen LogP contribution in [0, 0.1) is 0 Å². The minimum Gasteiger partial charge on any atom is -0.396 e. The number of benzene rings is 1. The van der Waals surface area contributed by atoms with Gasteiger partial charge in [-0.3, -0.25) is 4.68 Å². The molecule has 0 saturated heterocycles. The zero-order chi connectivity index (χ0) is 13.7. The van der Waals surface area contributed by atoms with Crippen LogP contribution in [0.1, 0.15) is 12.1 Å². The minimum atomic E-state index is 0.144. The Labute approximate surface area is 121 Å². The Kier molecular flexibility index (Phi) is 5.01. The average Bonchev–Trinajstić information content (AvgIpc) is 2.86. The normalized spacial score (nSPS) is 10.7. The second-order valence-corrected chi connectivity index (χ2v) is 4.79. The van der Waals surface area contributed by atoms with Crippen molar-refractivity contribution >= 4 is 28.9 Å². The second kappa shape index (κ2) is 6.75. The number of aromatic nitrogens is 3. The maximum Gasteiger partial charge on any atom is 0.102 e. The van der Waals surface area contributed by atoms with E-state index in [1.165, 1.54) is 0 Å². The van der Waals surface area contributed by atoms with Gasteiger partial charge in [-0.15, -0.1) is 5.10 Å². The van der Waals surface area contributed by atoms with Crippen molar-refractivity contribution in [3.05, 3.63) is 40.1 Å². The number of aryl methyl sites for hydroxylation is 1. The molecule has 19 heavy (non-hydrogen) atoms. The van der Waals surface area contributed by atoms with E-state index in [2.05, 4.69) is 15.6 Å². The summed E-state index contributed by atoms with van der Waals surface area (Å²) in [5.74, 6) is 0. The molecular weight excluding hydrogens is 287 g/mol. The highest BCUT2D eigenvalue weighted by Gasteiger charge is 2.05. The highest BCUT2D eigenvalue weighted by atomic mass is 35.5. The third kappa shape index (κ3) is 3.83. The summed E-state index contributed by atoms with van der Waals surface area (Å²) < 4.78 is 1.70. The van der Waals surface area contributed by atoms with Crippen LogP contribution in [0.4, 0.5) is 5.69 Å². The van der Waals surface area contributed by atoms with Crippen molar-refractivity contribution in [1.29, 1.82) is 0 Å². The first-order valence-electron chi connectivity index (χ1n) is 5.88. The molecule has 102 valence electrons. The number of rotatable bonds is 6. The molecule has 2 aromatic rings. The molecule has 1 aromatic carbocycles. The molecule has 0 amide bonds. The maximum atomic E-state index is 8.74. The lowest BCUT2D eigenvalue weighted by Crippen LogP contribution is -2.01. The molecule has 1 heterocycles. The van der Waals surface area contributed by atoms with Crippen LogP contribution in [0.2, 0.25) is 10.0 Å². The molecule has 7 heteroatoms. The van der Waals surface area contributed by atoms with E-state index in [1.807, 2.05) is 18.3 Å². The molecule has 0 spiro atoms. The van der Waals surface area contributed by atoms with Crippen LogP contribution in [0.15, 0.2) is 24.4 Å². The predicted octanol–water partition coefficient (Wildman–Crippen LogP) is 2.58. The summed E-state index contributed by atoms with van der Waals surface area (Å²) in [7, 11) is 0. The smallest absolute Gasteiger partial charge is 0.102 e. The number of hydrogen-bond donors (Lipinski definition) is 2. The van der Waals surface area contributed by atoms with Gasteiger partial charge in [0.1, 0.15) is 5.69 Å². The van der Waals surface area contributed by atoms with E-state index >= 15 is 0 Å². The van der Waals surface area contributed by atoms with Gasteiger partial charge < -0.3 is 10.4 Å². The Bertz CT molecular complexity index is 544. The van der Waals surface area contributed by atoms with Crippen molar-refractivity contribution in [2.45, 2.75) is 19.5 Å². The summed E-state index contributed by atoms with van der Waals surface area (Å²) in [6, 6.07) is 5.42. The van der Waals surface area contributed by atoms with Gasteiger partial charge in [0.05, 0.1) is 28.5 Å². The van der Waals surface area contributed by atoms with Gasteiger partial charge in [0.2, 0.25) is 0 Å². The molecule has 5 nitrogen and oxygen atoms in total. The van der Waals surface area contributed by atoms with Crippen molar-refractivity contribution in [2.75, 3.05) is 11.9 Å². The number of nitrogens with zero attached hydrogens (tertiary/aromatic N) is 3. The van der Waals surface area contributed by atoms with Gasteiger partial charge in [-0.2, -0.15) is 0 Å². The van der Waals surface area contributed by atoms with Gasteiger partial charge in [-0.05, 0) is 18.6 Å². The number of aliphatic hydroxyl groups is 1. The molecule has 2 rings (SSSR count). The zero-order valence-corrected chi connectivity index (χ0v) is 11.7. The van der Waals surface area contributed by atoms with Gasteiger partial charge >= 0.3 is 0 Å². The van der Waals surface area contributed by atoms with Crippen LogP contribution in [0.3, 0.4) is 0 Å². The van der Waals surface area contributed by atoms with E-state index in [0.717, 1.165) is 11.4 Å². The number of hydrogen-bond acceptors (Lipinski definition) is 4. The van der Waals surface area contributed by atoms with Crippen molar-refractivity contribution in [3.63, 3.8) is 0 Å². The molecule has 2 N–H and O–H groups in total. The van der Waals surface area contributed by atoms with Gasteiger partial charge in [0.15, 0.2) is 0 Å². The molecule has 0 saturated carbocycles. The summed E-state index contributed by atoms with van der Waals surface area (Å²) >= 11 is 12.0. The first kappa shape index (κ1) is 14.1. The van der Waals surface area contributed by atoms with Crippen molar-refractivity contribution < 1.29 is 5.11 Å². The van der Waals surface area contributed by atoms with Crippen LogP contribution < -0.4 is 5.32 Å².